The van der Waals surface area contributed by atoms with Crippen molar-refractivity contribution < 1.29 is 0 Å². The number of aryl methyl sites for hydroxylation is 1. The maximum atomic E-state index is 5.58. The van der Waals surface area contributed by atoms with Gasteiger partial charge in [-0.25, -0.2) is 4.98 Å². The summed E-state index contributed by atoms with van der Waals surface area (Å²) in [6.07, 6.45) is 8.85. The van der Waals surface area contributed by atoms with E-state index in [1.54, 1.807) is 11.3 Å². The molecule has 1 aromatic rings. The highest BCUT2D eigenvalue weighted by Gasteiger charge is 2.09. The Labute approximate surface area is 108 Å². The number of nitrogens with one attached hydrogen (secondary N) is 1. The Balaban J connectivity index is 2.21. The third-order valence-electron chi connectivity index (χ3n) is 2.82. The average Bonchev–Trinajstić information content (AvgIpc) is 2.73. The van der Waals surface area contributed by atoms with Crippen LogP contribution in [0.2, 0.25) is 0 Å². The molecule has 1 atom stereocenters. The van der Waals surface area contributed by atoms with E-state index in [4.69, 9.17) is 5.84 Å². The summed E-state index contributed by atoms with van der Waals surface area (Å²) in [5.74, 6) is 5.58. The van der Waals surface area contributed by atoms with Gasteiger partial charge in [0, 0.05) is 17.8 Å². The fraction of sp³-hybridized carbons (Fsp3) is 0.615. The molecule has 0 aromatic carbocycles. The number of aromatic nitrogens is 1. The van der Waals surface area contributed by atoms with E-state index in [1.807, 2.05) is 13.0 Å². The Morgan fingerprint density at radius 1 is 1.53 bits per heavy atom. The zero-order chi connectivity index (χ0) is 12.5. The van der Waals surface area contributed by atoms with Gasteiger partial charge in [0.1, 0.15) is 0 Å². The Bertz CT molecular complexity index is 322. The highest BCUT2D eigenvalue weighted by molar-refractivity contribution is 7.09. The van der Waals surface area contributed by atoms with Crippen molar-refractivity contribution in [1.82, 2.24) is 10.4 Å². The molecule has 1 heterocycles. The molecule has 0 spiro atoms. The number of hydrogen-bond donors (Lipinski definition) is 2. The minimum absolute atomic E-state index is 0.347. The molecular formula is C13H23N3S. The predicted octanol–water partition coefficient (Wildman–Crippen LogP) is 2.96. The number of rotatable bonds is 9. The van der Waals surface area contributed by atoms with Crippen molar-refractivity contribution in [2.45, 2.75) is 51.5 Å². The van der Waals surface area contributed by atoms with Gasteiger partial charge in [0.05, 0.1) is 10.7 Å². The van der Waals surface area contributed by atoms with E-state index >= 15 is 0 Å². The summed E-state index contributed by atoms with van der Waals surface area (Å²) in [4.78, 5) is 4.47. The van der Waals surface area contributed by atoms with E-state index in [0.29, 0.717) is 6.04 Å². The molecule has 4 heteroatoms. The molecule has 96 valence electrons. The Morgan fingerprint density at radius 2 is 2.35 bits per heavy atom. The molecule has 0 fully saturated rings. The van der Waals surface area contributed by atoms with Crippen LogP contribution in [0.3, 0.4) is 0 Å². The minimum atomic E-state index is 0.347. The summed E-state index contributed by atoms with van der Waals surface area (Å²) in [7, 11) is 0. The van der Waals surface area contributed by atoms with Crippen molar-refractivity contribution in [3.05, 3.63) is 28.7 Å². The zero-order valence-corrected chi connectivity index (χ0v) is 11.4. The lowest BCUT2D eigenvalue weighted by molar-refractivity contribution is 0.461. The fourth-order valence-electron chi connectivity index (χ4n) is 1.85. The molecule has 0 saturated carbocycles. The molecule has 1 rings (SSSR count). The third-order valence-corrected chi connectivity index (χ3v) is 3.64. The van der Waals surface area contributed by atoms with Gasteiger partial charge in [-0.15, -0.1) is 17.9 Å². The summed E-state index contributed by atoms with van der Waals surface area (Å²) in [6.45, 7) is 5.76. The van der Waals surface area contributed by atoms with Gasteiger partial charge in [0.25, 0.3) is 0 Å². The molecule has 17 heavy (non-hydrogen) atoms. The van der Waals surface area contributed by atoms with Gasteiger partial charge in [0.2, 0.25) is 0 Å². The molecule has 0 saturated heterocycles. The van der Waals surface area contributed by atoms with E-state index in [2.05, 4.69) is 22.4 Å². The van der Waals surface area contributed by atoms with Crippen LogP contribution in [0.5, 0.6) is 0 Å². The Kier molecular flexibility index (Phi) is 7.08. The van der Waals surface area contributed by atoms with Crippen molar-refractivity contribution in [2.75, 3.05) is 0 Å². The van der Waals surface area contributed by atoms with Crippen LogP contribution in [0.1, 0.15) is 42.8 Å². The second-order valence-corrected chi connectivity index (χ2v) is 5.41. The fourth-order valence-corrected chi connectivity index (χ4v) is 2.48. The van der Waals surface area contributed by atoms with Crippen LogP contribution in [-0.4, -0.2) is 11.0 Å². The summed E-state index contributed by atoms with van der Waals surface area (Å²) < 4.78 is 0. The first kappa shape index (κ1) is 14.4. The van der Waals surface area contributed by atoms with Crippen LogP contribution in [0, 0.1) is 6.92 Å². The topological polar surface area (TPSA) is 50.9 Å². The molecular weight excluding hydrogens is 230 g/mol. The molecule has 3 N–H and O–H groups in total. The largest absolute Gasteiger partial charge is 0.271 e. The molecule has 0 aliphatic carbocycles. The molecule has 3 nitrogen and oxygen atoms in total. The molecule has 0 aliphatic rings. The first-order chi connectivity index (χ1) is 8.26. The van der Waals surface area contributed by atoms with Crippen molar-refractivity contribution in [3.8, 4) is 0 Å². The van der Waals surface area contributed by atoms with Gasteiger partial charge < -0.3 is 0 Å². The normalized spacial score (nSPS) is 12.6. The molecule has 0 bridgehead atoms. The number of nitrogens with zero attached hydrogens (tertiary/aromatic N) is 1. The number of unbranched alkanes of at least 4 members (excludes halogenated alkanes) is 3. The molecule has 0 aliphatic heterocycles. The second kappa shape index (κ2) is 8.39. The van der Waals surface area contributed by atoms with Gasteiger partial charge in [-0.3, -0.25) is 11.3 Å². The monoisotopic (exact) mass is 253 g/mol. The highest BCUT2D eigenvalue weighted by Crippen LogP contribution is 2.13. The van der Waals surface area contributed by atoms with Crippen LogP contribution in [0.15, 0.2) is 18.0 Å². The SMILES string of the molecule is C=CCCCCCC(Cc1csc(C)n1)NN. The number of allylic oxidation sites excluding steroid dienone is 1. The van der Waals surface area contributed by atoms with Crippen molar-refractivity contribution in [3.63, 3.8) is 0 Å². The lowest BCUT2D eigenvalue weighted by atomic mass is 10.0. The maximum Gasteiger partial charge on any atom is 0.0897 e. The summed E-state index contributed by atoms with van der Waals surface area (Å²) in [5.41, 5.74) is 4.05. The number of hydrogen-bond acceptors (Lipinski definition) is 4. The van der Waals surface area contributed by atoms with E-state index in [-0.39, 0.29) is 0 Å². The van der Waals surface area contributed by atoms with Gasteiger partial charge in [-0.2, -0.15) is 0 Å². The van der Waals surface area contributed by atoms with E-state index in [0.717, 1.165) is 30.0 Å². The standard InChI is InChI=1S/C13H23N3S/c1-3-4-5-6-7-8-12(16-14)9-13-10-17-11(2)15-13/h3,10,12,16H,1,4-9,14H2,2H3. The van der Waals surface area contributed by atoms with Gasteiger partial charge in [0.15, 0.2) is 0 Å². The first-order valence-corrected chi connectivity index (χ1v) is 7.12. The van der Waals surface area contributed by atoms with E-state index < -0.39 is 0 Å². The average molecular weight is 253 g/mol. The first-order valence-electron chi connectivity index (χ1n) is 6.24. The van der Waals surface area contributed by atoms with Crippen molar-refractivity contribution in [2.24, 2.45) is 5.84 Å². The lowest BCUT2D eigenvalue weighted by Crippen LogP contribution is -2.36. The lowest BCUT2D eigenvalue weighted by Gasteiger charge is -2.14. The third kappa shape index (κ3) is 5.96. The Hall–Kier alpha value is -0.710. The summed E-state index contributed by atoms with van der Waals surface area (Å²) in [5, 5.41) is 3.25. The van der Waals surface area contributed by atoms with Crippen LogP contribution in [0.25, 0.3) is 0 Å². The number of hydrazine groups is 1. The zero-order valence-electron chi connectivity index (χ0n) is 10.6. The van der Waals surface area contributed by atoms with Crippen molar-refractivity contribution >= 4 is 11.3 Å². The second-order valence-electron chi connectivity index (χ2n) is 4.35. The molecule has 1 unspecified atom stereocenters. The number of thiazole rings is 1. The smallest absolute Gasteiger partial charge is 0.0897 e. The highest BCUT2D eigenvalue weighted by atomic mass is 32.1. The van der Waals surface area contributed by atoms with Crippen LogP contribution in [-0.2, 0) is 6.42 Å². The Morgan fingerprint density at radius 3 is 2.94 bits per heavy atom. The van der Waals surface area contributed by atoms with Gasteiger partial charge >= 0.3 is 0 Å². The summed E-state index contributed by atoms with van der Waals surface area (Å²) in [6, 6.07) is 0.347. The van der Waals surface area contributed by atoms with Crippen LogP contribution in [0.4, 0.5) is 0 Å². The minimum Gasteiger partial charge on any atom is -0.271 e. The predicted molar refractivity (Wildman–Crippen MR) is 74.9 cm³/mol. The summed E-state index contributed by atoms with van der Waals surface area (Å²) >= 11 is 1.70. The van der Waals surface area contributed by atoms with E-state index in [1.165, 1.54) is 19.3 Å². The molecule has 0 radical (unpaired) electrons. The number of nitrogens with two attached hydrogens (primary N) is 1. The molecule has 1 aromatic heterocycles. The maximum absolute atomic E-state index is 5.58. The van der Waals surface area contributed by atoms with Crippen molar-refractivity contribution in [1.29, 1.82) is 0 Å². The van der Waals surface area contributed by atoms with Crippen LogP contribution < -0.4 is 11.3 Å². The van der Waals surface area contributed by atoms with Crippen LogP contribution >= 0.6 is 11.3 Å². The van der Waals surface area contributed by atoms with Gasteiger partial charge in [-0.05, 0) is 26.2 Å². The van der Waals surface area contributed by atoms with Gasteiger partial charge in [-0.1, -0.05) is 18.9 Å². The van der Waals surface area contributed by atoms with E-state index in [9.17, 15) is 0 Å². The quantitative estimate of drug-likeness (QED) is 0.308. The molecule has 0 amide bonds.